The Labute approximate surface area is 87.8 Å². The van der Waals surface area contributed by atoms with Gasteiger partial charge in [0.1, 0.15) is 5.75 Å². The van der Waals surface area contributed by atoms with Crippen molar-refractivity contribution in [3.63, 3.8) is 0 Å². The summed E-state index contributed by atoms with van der Waals surface area (Å²) in [4.78, 5) is 11.2. The van der Waals surface area contributed by atoms with Gasteiger partial charge in [-0.15, -0.1) is 0 Å². The van der Waals surface area contributed by atoms with Gasteiger partial charge < -0.3 is 10.5 Å². The summed E-state index contributed by atoms with van der Waals surface area (Å²) < 4.78 is 5.24. The zero-order valence-electron chi connectivity index (χ0n) is 8.13. The second-order valence-corrected chi connectivity index (χ2v) is 3.25. The first kappa shape index (κ1) is 10.9. The molecule has 0 atom stereocenters. The average molecular weight is 214 g/mol. The van der Waals surface area contributed by atoms with Crippen molar-refractivity contribution >= 4 is 23.1 Å². The molecule has 1 aromatic rings. The molecule has 2 N–H and O–H groups in total. The standard InChI is InChI=1S/C10H12ClNO2/c1-3-14-9-5-7(12)4-8(6(2)13)10(9)11/h4-5H,3,12H2,1-2H3. The summed E-state index contributed by atoms with van der Waals surface area (Å²) in [5.74, 6) is 0.336. The maximum Gasteiger partial charge on any atom is 0.161 e. The fourth-order valence-electron chi connectivity index (χ4n) is 1.14. The predicted molar refractivity (Wildman–Crippen MR) is 57.0 cm³/mol. The number of Topliss-reactive ketones (excluding diaryl/α,β-unsaturated/α-hetero) is 1. The highest BCUT2D eigenvalue weighted by molar-refractivity contribution is 6.35. The molecule has 0 unspecified atom stereocenters. The molecule has 3 nitrogen and oxygen atoms in total. The molecule has 0 fully saturated rings. The van der Waals surface area contributed by atoms with Crippen LogP contribution in [0.1, 0.15) is 24.2 Å². The minimum Gasteiger partial charge on any atom is -0.492 e. The molecule has 0 heterocycles. The van der Waals surface area contributed by atoms with Crippen LogP contribution in [0, 0.1) is 0 Å². The molecule has 14 heavy (non-hydrogen) atoms. The first-order valence-electron chi connectivity index (χ1n) is 4.29. The summed E-state index contributed by atoms with van der Waals surface area (Å²) in [6, 6.07) is 3.16. The number of hydrogen-bond donors (Lipinski definition) is 1. The van der Waals surface area contributed by atoms with Crippen LogP contribution in [0.3, 0.4) is 0 Å². The smallest absolute Gasteiger partial charge is 0.161 e. The lowest BCUT2D eigenvalue weighted by atomic mass is 10.1. The van der Waals surface area contributed by atoms with Crippen molar-refractivity contribution in [1.29, 1.82) is 0 Å². The van der Waals surface area contributed by atoms with Crippen LogP contribution in [-0.4, -0.2) is 12.4 Å². The van der Waals surface area contributed by atoms with Crippen molar-refractivity contribution in [2.45, 2.75) is 13.8 Å². The van der Waals surface area contributed by atoms with Gasteiger partial charge in [0.25, 0.3) is 0 Å². The third kappa shape index (κ3) is 2.17. The normalized spacial score (nSPS) is 9.93. The number of nitrogen functional groups attached to an aromatic ring is 1. The van der Waals surface area contributed by atoms with E-state index < -0.39 is 0 Å². The lowest BCUT2D eigenvalue weighted by Gasteiger charge is -2.09. The number of benzene rings is 1. The Morgan fingerprint density at radius 2 is 2.21 bits per heavy atom. The van der Waals surface area contributed by atoms with Gasteiger partial charge in [-0.25, -0.2) is 0 Å². The summed E-state index contributed by atoms with van der Waals surface area (Å²) >= 11 is 5.95. The molecule has 0 aliphatic rings. The average Bonchev–Trinajstić information content (AvgIpc) is 2.10. The zero-order chi connectivity index (χ0) is 10.7. The highest BCUT2D eigenvalue weighted by atomic mass is 35.5. The van der Waals surface area contributed by atoms with Crippen LogP contribution < -0.4 is 10.5 Å². The summed E-state index contributed by atoms with van der Waals surface area (Å²) in [6.45, 7) is 3.77. The number of nitrogens with two attached hydrogens (primary N) is 1. The Morgan fingerprint density at radius 1 is 1.57 bits per heavy atom. The highest BCUT2D eigenvalue weighted by Crippen LogP contribution is 2.31. The Kier molecular flexibility index (Phi) is 3.36. The van der Waals surface area contributed by atoms with Gasteiger partial charge in [-0.1, -0.05) is 11.6 Å². The number of rotatable bonds is 3. The van der Waals surface area contributed by atoms with Crippen LogP contribution in [-0.2, 0) is 0 Å². The molecule has 1 aromatic carbocycles. The van der Waals surface area contributed by atoms with E-state index in [2.05, 4.69) is 0 Å². The van der Waals surface area contributed by atoms with E-state index in [0.717, 1.165) is 0 Å². The molecule has 0 aliphatic carbocycles. The molecule has 0 amide bonds. The topological polar surface area (TPSA) is 52.3 Å². The van der Waals surface area contributed by atoms with Crippen LogP contribution in [0.15, 0.2) is 12.1 Å². The third-order valence-electron chi connectivity index (χ3n) is 1.74. The molecule has 0 radical (unpaired) electrons. The number of carbonyl (C=O) groups is 1. The first-order valence-corrected chi connectivity index (χ1v) is 4.66. The number of carbonyl (C=O) groups excluding carboxylic acids is 1. The molecule has 0 saturated carbocycles. The number of ether oxygens (including phenoxy) is 1. The lowest BCUT2D eigenvalue weighted by molar-refractivity contribution is 0.101. The molecule has 1 rings (SSSR count). The molecule has 0 spiro atoms. The molecule has 0 aromatic heterocycles. The molecule has 0 bridgehead atoms. The third-order valence-corrected chi connectivity index (χ3v) is 2.13. The monoisotopic (exact) mass is 213 g/mol. The SMILES string of the molecule is CCOc1cc(N)cc(C(C)=O)c1Cl. The molecule has 76 valence electrons. The molecule has 4 heteroatoms. The van der Waals surface area contributed by atoms with Gasteiger partial charge >= 0.3 is 0 Å². The van der Waals surface area contributed by atoms with E-state index in [1.54, 1.807) is 12.1 Å². The zero-order valence-corrected chi connectivity index (χ0v) is 8.89. The van der Waals surface area contributed by atoms with E-state index in [0.29, 0.717) is 28.6 Å². The van der Waals surface area contributed by atoms with E-state index >= 15 is 0 Å². The van der Waals surface area contributed by atoms with Gasteiger partial charge in [0, 0.05) is 17.3 Å². The maximum atomic E-state index is 11.2. The Hall–Kier alpha value is -1.22. The van der Waals surface area contributed by atoms with Crippen molar-refractivity contribution < 1.29 is 9.53 Å². The van der Waals surface area contributed by atoms with Gasteiger partial charge in [0.05, 0.1) is 11.6 Å². The fourth-order valence-corrected chi connectivity index (χ4v) is 1.43. The van der Waals surface area contributed by atoms with Gasteiger partial charge in [-0.2, -0.15) is 0 Å². The minimum absolute atomic E-state index is 0.122. The fraction of sp³-hybridized carbons (Fsp3) is 0.300. The van der Waals surface area contributed by atoms with Crippen LogP contribution in [0.5, 0.6) is 5.75 Å². The van der Waals surface area contributed by atoms with Crippen molar-refractivity contribution in [2.75, 3.05) is 12.3 Å². The molecule has 0 saturated heterocycles. The predicted octanol–water partition coefficient (Wildman–Crippen LogP) is 2.52. The van der Waals surface area contributed by atoms with Crippen molar-refractivity contribution in [3.8, 4) is 5.75 Å². The Bertz CT molecular complexity index is 363. The summed E-state index contributed by atoms with van der Waals surface area (Å²) in [5, 5.41) is 0.327. The van der Waals surface area contributed by atoms with E-state index in [9.17, 15) is 4.79 Å². The molecular weight excluding hydrogens is 202 g/mol. The second-order valence-electron chi connectivity index (χ2n) is 2.87. The highest BCUT2D eigenvalue weighted by Gasteiger charge is 2.12. The largest absolute Gasteiger partial charge is 0.492 e. The lowest BCUT2D eigenvalue weighted by Crippen LogP contribution is -2.00. The van der Waals surface area contributed by atoms with Crippen LogP contribution >= 0.6 is 11.6 Å². The number of hydrogen-bond acceptors (Lipinski definition) is 3. The van der Waals surface area contributed by atoms with E-state index in [4.69, 9.17) is 22.1 Å². The molecule has 0 aliphatic heterocycles. The van der Waals surface area contributed by atoms with Gasteiger partial charge in [-0.3, -0.25) is 4.79 Å². The summed E-state index contributed by atoms with van der Waals surface area (Å²) in [5.41, 5.74) is 6.48. The van der Waals surface area contributed by atoms with Crippen molar-refractivity contribution in [1.82, 2.24) is 0 Å². The van der Waals surface area contributed by atoms with Gasteiger partial charge in [0.15, 0.2) is 5.78 Å². The maximum absolute atomic E-state index is 11.2. The minimum atomic E-state index is -0.122. The summed E-state index contributed by atoms with van der Waals surface area (Å²) in [7, 11) is 0. The number of ketones is 1. The van der Waals surface area contributed by atoms with E-state index in [-0.39, 0.29) is 5.78 Å². The summed E-state index contributed by atoms with van der Waals surface area (Å²) in [6.07, 6.45) is 0. The Balaban J connectivity index is 3.24. The van der Waals surface area contributed by atoms with Crippen LogP contribution in [0.4, 0.5) is 5.69 Å². The molecular formula is C10H12ClNO2. The quantitative estimate of drug-likeness (QED) is 0.620. The van der Waals surface area contributed by atoms with Crippen LogP contribution in [0.2, 0.25) is 5.02 Å². The first-order chi connectivity index (χ1) is 6.56. The van der Waals surface area contributed by atoms with E-state index in [1.165, 1.54) is 6.92 Å². The Morgan fingerprint density at radius 3 is 2.71 bits per heavy atom. The number of anilines is 1. The second kappa shape index (κ2) is 4.33. The van der Waals surface area contributed by atoms with Crippen molar-refractivity contribution in [3.05, 3.63) is 22.7 Å². The van der Waals surface area contributed by atoms with Crippen molar-refractivity contribution in [2.24, 2.45) is 0 Å². The van der Waals surface area contributed by atoms with Gasteiger partial charge in [0.2, 0.25) is 0 Å². The number of halogens is 1. The van der Waals surface area contributed by atoms with E-state index in [1.807, 2.05) is 6.92 Å². The van der Waals surface area contributed by atoms with Gasteiger partial charge in [-0.05, 0) is 19.9 Å². The van der Waals surface area contributed by atoms with Crippen LogP contribution in [0.25, 0.3) is 0 Å².